The molecule has 0 heterocycles. The molecule has 0 radical (unpaired) electrons. The van der Waals surface area contributed by atoms with Crippen molar-refractivity contribution in [3.63, 3.8) is 0 Å². The van der Waals surface area contributed by atoms with Crippen molar-refractivity contribution >= 4 is 11.6 Å². The number of nitrogens with zero attached hydrogens (tertiary/aromatic N) is 1. The Morgan fingerprint density at radius 3 is 1.71 bits per heavy atom. The van der Waals surface area contributed by atoms with Crippen LogP contribution in [-0.2, 0) is 22.6 Å². The minimum absolute atomic E-state index is 0.0464. The summed E-state index contributed by atoms with van der Waals surface area (Å²) in [5, 5.41) is 0. The topological polar surface area (TPSA) is 29.5 Å². The van der Waals surface area contributed by atoms with Crippen LogP contribution in [0.4, 0.5) is 32.0 Å². The highest BCUT2D eigenvalue weighted by Gasteiger charge is 2.41. The molecule has 0 unspecified atom stereocenters. The zero-order chi connectivity index (χ0) is 26.2. The molecule has 186 valence electrons. The van der Waals surface area contributed by atoms with Gasteiger partial charge >= 0.3 is 12.4 Å². The SMILES string of the molecule is COc1ccccc1-c1ccccc1N(C)C(=O)C(C)(C)c1cc(C(F)(F)F)cc(C(F)(F)F)c1. The zero-order valence-electron chi connectivity index (χ0n) is 19.4. The smallest absolute Gasteiger partial charge is 0.416 e. The number of carbonyl (C=O) groups is 1. The molecule has 3 rings (SSSR count). The Hall–Kier alpha value is -3.49. The number of hydrogen-bond donors (Lipinski definition) is 0. The molecule has 0 aromatic heterocycles. The van der Waals surface area contributed by atoms with Gasteiger partial charge < -0.3 is 9.64 Å². The Morgan fingerprint density at radius 2 is 1.20 bits per heavy atom. The van der Waals surface area contributed by atoms with E-state index in [0.717, 1.165) is 0 Å². The van der Waals surface area contributed by atoms with E-state index in [0.29, 0.717) is 34.7 Å². The predicted molar refractivity (Wildman–Crippen MR) is 121 cm³/mol. The van der Waals surface area contributed by atoms with E-state index in [1.807, 2.05) is 0 Å². The molecule has 0 saturated heterocycles. The molecule has 1 amide bonds. The molecule has 0 fully saturated rings. The van der Waals surface area contributed by atoms with Crippen LogP contribution in [0.5, 0.6) is 5.75 Å². The van der Waals surface area contributed by atoms with Gasteiger partial charge in [-0.05, 0) is 49.7 Å². The highest BCUT2D eigenvalue weighted by atomic mass is 19.4. The second-order valence-electron chi connectivity index (χ2n) is 8.50. The van der Waals surface area contributed by atoms with E-state index in [1.54, 1.807) is 48.5 Å². The lowest BCUT2D eigenvalue weighted by Crippen LogP contribution is -2.42. The monoisotopic (exact) mass is 495 g/mol. The Labute approximate surface area is 198 Å². The van der Waals surface area contributed by atoms with E-state index in [9.17, 15) is 31.1 Å². The molecule has 0 spiro atoms. The van der Waals surface area contributed by atoms with Crippen molar-refractivity contribution in [2.24, 2.45) is 0 Å². The molecule has 3 aromatic rings. The number of halogens is 6. The van der Waals surface area contributed by atoms with Gasteiger partial charge in [0.2, 0.25) is 5.91 Å². The Bertz CT molecular complexity index is 1200. The number of alkyl halides is 6. The summed E-state index contributed by atoms with van der Waals surface area (Å²) in [6.07, 6.45) is -10.0. The summed E-state index contributed by atoms with van der Waals surface area (Å²) in [7, 11) is 2.92. The molecule has 9 heteroatoms. The van der Waals surface area contributed by atoms with Crippen LogP contribution in [0.1, 0.15) is 30.5 Å². The molecular weight excluding hydrogens is 472 g/mol. The van der Waals surface area contributed by atoms with Crippen molar-refractivity contribution in [2.75, 3.05) is 19.1 Å². The number of hydrogen-bond acceptors (Lipinski definition) is 2. The van der Waals surface area contributed by atoms with Gasteiger partial charge in [-0.1, -0.05) is 36.4 Å². The molecule has 0 N–H and O–H groups in total. The maximum atomic E-state index is 13.6. The van der Waals surface area contributed by atoms with Gasteiger partial charge in [0.1, 0.15) is 5.75 Å². The largest absolute Gasteiger partial charge is 0.496 e. The number of amides is 1. The molecule has 3 aromatic carbocycles. The fraction of sp³-hybridized carbons (Fsp3) is 0.269. The first-order valence-electron chi connectivity index (χ1n) is 10.5. The lowest BCUT2D eigenvalue weighted by atomic mass is 9.81. The first-order valence-corrected chi connectivity index (χ1v) is 10.5. The molecule has 0 aliphatic carbocycles. The van der Waals surface area contributed by atoms with Crippen molar-refractivity contribution < 1.29 is 35.9 Å². The third-order valence-corrected chi connectivity index (χ3v) is 5.81. The molecule has 0 aliphatic rings. The van der Waals surface area contributed by atoms with E-state index in [2.05, 4.69) is 0 Å². The summed E-state index contributed by atoms with van der Waals surface area (Å²) in [5.41, 5.74) is -3.37. The maximum Gasteiger partial charge on any atom is 0.416 e. The third kappa shape index (κ3) is 5.28. The average Bonchev–Trinajstić information content (AvgIpc) is 2.81. The third-order valence-electron chi connectivity index (χ3n) is 5.81. The van der Waals surface area contributed by atoms with Crippen molar-refractivity contribution in [3.05, 3.63) is 83.4 Å². The van der Waals surface area contributed by atoms with Gasteiger partial charge in [-0.15, -0.1) is 0 Å². The molecule has 0 saturated carbocycles. The number of benzene rings is 3. The van der Waals surface area contributed by atoms with E-state index in [1.165, 1.54) is 32.9 Å². The number of para-hydroxylation sites is 2. The van der Waals surface area contributed by atoms with Gasteiger partial charge in [0.15, 0.2) is 0 Å². The summed E-state index contributed by atoms with van der Waals surface area (Å²) in [4.78, 5) is 14.8. The zero-order valence-corrected chi connectivity index (χ0v) is 19.4. The molecule has 35 heavy (non-hydrogen) atoms. The van der Waals surface area contributed by atoms with Crippen molar-refractivity contribution in [3.8, 4) is 16.9 Å². The van der Waals surface area contributed by atoms with Crippen LogP contribution in [-0.4, -0.2) is 20.1 Å². The second-order valence-corrected chi connectivity index (χ2v) is 8.50. The number of methoxy groups -OCH3 is 1. The summed E-state index contributed by atoms with van der Waals surface area (Å²) in [5.74, 6) is -0.153. The van der Waals surface area contributed by atoms with E-state index >= 15 is 0 Å². The number of likely N-dealkylation sites (N-methyl/N-ethyl adjacent to an activating group) is 1. The summed E-state index contributed by atoms with van der Waals surface area (Å²) in [6.45, 7) is 2.60. The highest BCUT2D eigenvalue weighted by molar-refractivity contribution is 6.03. The first-order chi connectivity index (χ1) is 16.2. The summed E-state index contributed by atoms with van der Waals surface area (Å²) < 4.78 is 85.7. The van der Waals surface area contributed by atoms with Crippen LogP contribution in [0.2, 0.25) is 0 Å². The van der Waals surface area contributed by atoms with Gasteiger partial charge in [-0.25, -0.2) is 0 Å². The maximum absolute atomic E-state index is 13.6. The van der Waals surface area contributed by atoms with Crippen molar-refractivity contribution in [2.45, 2.75) is 31.6 Å². The number of anilines is 1. The molecular formula is C26H23F6NO2. The average molecular weight is 495 g/mol. The van der Waals surface area contributed by atoms with Crippen LogP contribution in [0, 0.1) is 0 Å². The minimum Gasteiger partial charge on any atom is -0.496 e. The number of carbonyl (C=O) groups excluding carboxylic acids is 1. The first kappa shape index (κ1) is 26.1. The van der Waals surface area contributed by atoms with Crippen LogP contribution in [0.3, 0.4) is 0 Å². The van der Waals surface area contributed by atoms with Crippen molar-refractivity contribution in [1.82, 2.24) is 0 Å². The normalized spacial score (nSPS) is 12.4. The molecule has 0 aliphatic heterocycles. The fourth-order valence-electron chi connectivity index (χ4n) is 3.83. The van der Waals surface area contributed by atoms with Crippen LogP contribution in [0.15, 0.2) is 66.7 Å². The number of rotatable bonds is 5. The number of ether oxygens (including phenoxy) is 1. The Kier molecular flexibility index (Phi) is 6.93. The molecule has 0 bridgehead atoms. The summed E-state index contributed by atoms with van der Waals surface area (Å²) in [6, 6.07) is 15.1. The van der Waals surface area contributed by atoms with Gasteiger partial charge in [-0.2, -0.15) is 26.3 Å². The minimum atomic E-state index is -5.02. The van der Waals surface area contributed by atoms with E-state index < -0.39 is 40.4 Å². The van der Waals surface area contributed by atoms with Crippen molar-refractivity contribution in [1.29, 1.82) is 0 Å². The van der Waals surface area contributed by atoms with Crippen LogP contribution < -0.4 is 9.64 Å². The highest BCUT2D eigenvalue weighted by Crippen LogP contribution is 2.41. The quantitative estimate of drug-likeness (QED) is 0.347. The predicted octanol–water partition coefficient (Wildman–Crippen LogP) is 7.34. The molecule has 3 nitrogen and oxygen atoms in total. The van der Waals surface area contributed by atoms with E-state index in [4.69, 9.17) is 4.74 Å². The Morgan fingerprint density at radius 1 is 0.743 bits per heavy atom. The van der Waals surface area contributed by atoms with Gasteiger partial charge in [-0.3, -0.25) is 4.79 Å². The van der Waals surface area contributed by atoms with Crippen LogP contribution in [0.25, 0.3) is 11.1 Å². The van der Waals surface area contributed by atoms with Gasteiger partial charge in [0.05, 0.1) is 29.3 Å². The Balaban J connectivity index is 2.11. The second kappa shape index (κ2) is 9.28. The van der Waals surface area contributed by atoms with Gasteiger partial charge in [0, 0.05) is 18.2 Å². The van der Waals surface area contributed by atoms with Gasteiger partial charge in [0.25, 0.3) is 0 Å². The summed E-state index contributed by atoms with van der Waals surface area (Å²) >= 11 is 0. The van der Waals surface area contributed by atoms with Crippen LogP contribution >= 0.6 is 0 Å². The lowest BCUT2D eigenvalue weighted by Gasteiger charge is -2.32. The molecule has 0 atom stereocenters. The van der Waals surface area contributed by atoms with E-state index in [-0.39, 0.29) is 6.07 Å². The fourth-order valence-corrected chi connectivity index (χ4v) is 3.83. The standard InChI is InChI=1S/C26H23F6NO2/c1-24(2,16-13-17(25(27,28)29)15-18(14-16)26(30,31)32)23(34)33(3)21-11-7-5-9-19(21)20-10-6-8-12-22(20)35-4/h5-15H,1-4H3. The lowest BCUT2D eigenvalue weighted by molar-refractivity contribution is -0.143.